The van der Waals surface area contributed by atoms with E-state index in [1.165, 1.54) is 19.1 Å². The molecule has 6 nitrogen and oxygen atoms in total. The molecule has 0 atom stereocenters. The summed E-state index contributed by atoms with van der Waals surface area (Å²) in [4.78, 5) is 11.3. The van der Waals surface area contributed by atoms with Crippen LogP contribution in [0.15, 0.2) is 41.9 Å². The molecule has 168 valence electrons. The maximum Gasteiger partial charge on any atom is 0.419 e. The number of ether oxygens (including phenoxy) is 4. The number of amides is 1. The van der Waals surface area contributed by atoms with Gasteiger partial charge in [-0.2, -0.15) is 13.2 Å². The lowest BCUT2D eigenvalue weighted by atomic mass is 10.1. The van der Waals surface area contributed by atoms with Gasteiger partial charge >= 0.3 is 6.18 Å². The summed E-state index contributed by atoms with van der Waals surface area (Å²) in [6.07, 6.45) is 5.28. The van der Waals surface area contributed by atoms with E-state index >= 15 is 0 Å². The van der Waals surface area contributed by atoms with E-state index in [1.807, 2.05) is 0 Å². The van der Waals surface area contributed by atoms with Crippen LogP contribution in [0.3, 0.4) is 0 Å². The molecule has 0 bridgehead atoms. The van der Waals surface area contributed by atoms with Gasteiger partial charge in [-0.15, -0.1) is 6.42 Å². The number of carbonyl (C=O) groups excluding carboxylic acids is 1. The van der Waals surface area contributed by atoms with Crippen LogP contribution in [0.25, 0.3) is 0 Å². The second kappa shape index (κ2) is 11.4. The van der Waals surface area contributed by atoms with Gasteiger partial charge in [-0.1, -0.05) is 0 Å². The van der Waals surface area contributed by atoms with Crippen molar-refractivity contribution in [2.45, 2.75) is 32.0 Å². The summed E-state index contributed by atoms with van der Waals surface area (Å²) in [6.45, 7) is 3.35. The topological polar surface area (TPSA) is 80.0 Å². The highest BCUT2D eigenvalue weighted by atomic mass is 19.4. The molecule has 9 heteroatoms. The molecule has 2 N–H and O–H groups in total. The minimum absolute atomic E-state index is 0.0990. The van der Waals surface area contributed by atoms with Crippen molar-refractivity contribution >= 4 is 5.91 Å². The lowest BCUT2D eigenvalue weighted by molar-refractivity contribution is -0.138. The summed E-state index contributed by atoms with van der Waals surface area (Å²) in [5.74, 6) is 1.20. The summed E-state index contributed by atoms with van der Waals surface area (Å²) in [6, 6.07) is 2.68. The van der Waals surface area contributed by atoms with Gasteiger partial charge in [0.05, 0.1) is 18.3 Å². The summed E-state index contributed by atoms with van der Waals surface area (Å²) in [5, 5.41) is 0. The molecule has 0 spiro atoms. The number of alkyl halides is 3. The van der Waals surface area contributed by atoms with E-state index in [9.17, 15) is 18.0 Å². The number of nitrogens with two attached hydrogens (primary N) is 1. The molecule has 2 rings (SSSR count). The second-order valence-corrected chi connectivity index (χ2v) is 6.66. The van der Waals surface area contributed by atoms with Crippen molar-refractivity contribution in [1.82, 2.24) is 0 Å². The molecule has 1 amide bonds. The van der Waals surface area contributed by atoms with Crippen molar-refractivity contribution in [2.75, 3.05) is 26.4 Å². The van der Waals surface area contributed by atoms with Crippen molar-refractivity contribution in [1.29, 1.82) is 0 Å². The third-order valence-electron chi connectivity index (χ3n) is 4.32. The number of primary amides is 1. The average molecular weight is 439 g/mol. The van der Waals surface area contributed by atoms with Crippen molar-refractivity contribution < 1.29 is 36.9 Å². The Morgan fingerprint density at radius 2 is 2.00 bits per heavy atom. The van der Waals surface area contributed by atoms with Crippen molar-refractivity contribution in [3.8, 4) is 18.1 Å². The molecule has 0 unspecified atom stereocenters. The fourth-order valence-electron chi connectivity index (χ4n) is 2.74. The Hall–Kier alpha value is -2.96. The van der Waals surface area contributed by atoms with Crippen molar-refractivity contribution in [3.63, 3.8) is 0 Å². The van der Waals surface area contributed by atoms with E-state index in [4.69, 9.17) is 31.1 Å². The Morgan fingerprint density at radius 1 is 1.29 bits per heavy atom. The number of allylic oxidation sites excluding steroid dienone is 4. The van der Waals surface area contributed by atoms with Crippen LogP contribution in [0, 0.1) is 12.3 Å². The van der Waals surface area contributed by atoms with E-state index in [0.717, 1.165) is 31.0 Å². The van der Waals surface area contributed by atoms with Gasteiger partial charge in [0.25, 0.3) is 0 Å². The molecule has 1 heterocycles. The SMILES string of the molecule is C#C/C(=C\C=C(/C)Oc1cc(C(N)=O)ccc1C(F)(F)F)OCCOC1CCOCC1. The van der Waals surface area contributed by atoms with Gasteiger partial charge in [0.2, 0.25) is 5.91 Å². The molecule has 1 aliphatic rings. The van der Waals surface area contributed by atoms with Crippen LogP contribution in [0.5, 0.6) is 5.75 Å². The highest BCUT2D eigenvalue weighted by molar-refractivity contribution is 5.93. The zero-order valence-corrected chi connectivity index (χ0v) is 17.0. The normalized spacial score (nSPS) is 16.0. The predicted octanol–water partition coefficient (Wildman–Crippen LogP) is 3.82. The zero-order chi connectivity index (χ0) is 22.9. The number of carbonyl (C=O) groups is 1. The fourth-order valence-corrected chi connectivity index (χ4v) is 2.74. The van der Waals surface area contributed by atoms with Gasteiger partial charge in [0.15, 0.2) is 5.76 Å². The first-order chi connectivity index (χ1) is 14.7. The van der Waals surface area contributed by atoms with E-state index in [2.05, 4.69) is 5.92 Å². The Bertz CT molecular complexity index is 865. The van der Waals surface area contributed by atoms with Crippen LogP contribution < -0.4 is 10.5 Å². The number of halogens is 3. The van der Waals surface area contributed by atoms with Gasteiger partial charge in [0, 0.05) is 18.8 Å². The molecule has 1 saturated heterocycles. The molecule has 0 saturated carbocycles. The number of rotatable bonds is 9. The van der Waals surface area contributed by atoms with Gasteiger partial charge in [0.1, 0.15) is 18.1 Å². The minimum atomic E-state index is -4.67. The Kier molecular flexibility index (Phi) is 8.97. The van der Waals surface area contributed by atoms with Crippen LogP contribution in [0.4, 0.5) is 13.2 Å². The van der Waals surface area contributed by atoms with Gasteiger partial charge in [-0.05, 0) is 56.0 Å². The zero-order valence-electron chi connectivity index (χ0n) is 17.0. The number of terminal acetylenes is 1. The van der Waals surface area contributed by atoms with Crippen molar-refractivity contribution in [3.05, 3.63) is 53.0 Å². The maximum atomic E-state index is 13.2. The third kappa shape index (κ3) is 8.00. The quantitative estimate of drug-likeness (QED) is 0.274. The van der Waals surface area contributed by atoms with E-state index in [-0.39, 0.29) is 29.8 Å². The molecule has 31 heavy (non-hydrogen) atoms. The van der Waals surface area contributed by atoms with Crippen molar-refractivity contribution in [2.24, 2.45) is 5.73 Å². The minimum Gasteiger partial charge on any atom is -0.483 e. The monoisotopic (exact) mass is 439 g/mol. The summed E-state index contributed by atoms with van der Waals surface area (Å²) >= 11 is 0. The second-order valence-electron chi connectivity index (χ2n) is 6.66. The standard InChI is InChI=1S/C22H24F3NO5/c1-3-17(29-12-13-30-18-8-10-28-11-9-18)6-4-15(2)31-20-14-16(21(26)27)5-7-19(20)22(23,24)25/h1,4-7,14,18H,8-13H2,2H3,(H2,26,27)/b15-4+,17-6+. The number of benzene rings is 1. The smallest absolute Gasteiger partial charge is 0.419 e. The summed E-state index contributed by atoms with van der Waals surface area (Å²) in [7, 11) is 0. The molecule has 1 aromatic rings. The molecule has 1 aliphatic heterocycles. The van der Waals surface area contributed by atoms with Crippen LogP contribution in [-0.4, -0.2) is 38.4 Å². The van der Waals surface area contributed by atoms with Crippen LogP contribution >= 0.6 is 0 Å². The van der Waals surface area contributed by atoms with Crippen LogP contribution in [0.2, 0.25) is 0 Å². The Labute approximate surface area is 178 Å². The van der Waals surface area contributed by atoms with E-state index < -0.39 is 23.4 Å². The maximum absolute atomic E-state index is 13.2. The largest absolute Gasteiger partial charge is 0.483 e. The van der Waals surface area contributed by atoms with Gasteiger partial charge in [-0.3, -0.25) is 4.79 Å². The molecule has 1 fully saturated rings. The number of hydrogen-bond acceptors (Lipinski definition) is 5. The van der Waals surface area contributed by atoms with Crippen LogP contribution in [-0.2, 0) is 20.4 Å². The predicted molar refractivity (Wildman–Crippen MR) is 107 cm³/mol. The first-order valence-electron chi connectivity index (χ1n) is 9.57. The Balaban J connectivity index is 1.99. The lowest BCUT2D eigenvalue weighted by Crippen LogP contribution is -2.24. The number of hydrogen-bond donors (Lipinski definition) is 1. The molecule has 0 aliphatic carbocycles. The summed E-state index contributed by atoms with van der Waals surface area (Å²) in [5.41, 5.74) is 4.00. The van der Waals surface area contributed by atoms with Crippen LogP contribution in [0.1, 0.15) is 35.7 Å². The Morgan fingerprint density at radius 3 is 2.61 bits per heavy atom. The molecule has 0 radical (unpaired) electrons. The van der Waals surface area contributed by atoms with E-state index in [1.54, 1.807) is 0 Å². The first kappa shape index (κ1) is 24.3. The molecular weight excluding hydrogens is 415 g/mol. The molecule has 1 aromatic carbocycles. The van der Waals surface area contributed by atoms with Gasteiger partial charge < -0.3 is 24.7 Å². The highest BCUT2D eigenvalue weighted by Crippen LogP contribution is 2.37. The van der Waals surface area contributed by atoms with Gasteiger partial charge in [-0.25, -0.2) is 0 Å². The van der Waals surface area contributed by atoms with E-state index in [0.29, 0.717) is 19.8 Å². The molecule has 0 aromatic heterocycles. The summed E-state index contributed by atoms with van der Waals surface area (Å²) < 4.78 is 61.3. The first-order valence-corrected chi connectivity index (χ1v) is 9.57. The third-order valence-corrected chi connectivity index (χ3v) is 4.32. The highest BCUT2D eigenvalue weighted by Gasteiger charge is 2.35. The average Bonchev–Trinajstić information content (AvgIpc) is 2.73. The molecular formula is C22H24F3NO5. The lowest BCUT2D eigenvalue weighted by Gasteiger charge is -2.22. The fraction of sp³-hybridized carbons (Fsp3) is 0.409.